The molecule has 0 atom stereocenters. The second kappa shape index (κ2) is 10.2. The molecule has 0 saturated heterocycles. The Morgan fingerprint density at radius 1 is 0.963 bits per heavy atom. The van der Waals surface area contributed by atoms with Crippen LogP contribution in [0.2, 0.25) is 0 Å². The van der Waals surface area contributed by atoms with Crippen LogP contribution in [0.15, 0.2) is 47.5 Å². The number of guanidine groups is 1. The number of aliphatic imine (C=N–C) groups is 1. The maximum atomic E-state index is 12.6. The Morgan fingerprint density at radius 3 is 2.22 bits per heavy atom. The maximum Gasteiger partial charge on any atom is 0.387 e. The molecule has 0 fully saturated rings. The summed E-state index contributed by atoms with van der Waals surface area (Å²) in [6.07, 6.45) is 0. The fourth-order valence-electron chi connectivity index (χ4n) is 2.44. The van der Waals surface area contributed by atoms with Crippen molar-refractivity contribution in [3.8, 4) is 17.2 Å². The van der Waals surface area contributed by atoms with E-state index in [1.165, 1.54) is 13.2 Å². The molecule has 0 aromatic heterocycles. The Balaban J connectivity index is 2.01. The molecule has 0 aliphatic heterocycles. The fraction of sp³-hybridized carbons (Fsp3) is 0.316. The average molecular weight is 379 g/mol. The first-order valence-corrected chi connectivity index (χ1v) is 8.25. The van der Waals surface area contributed by atoms with E-state index in [0.717, 1.165) is 11.3 Å². The number of nitrogens with one attached hydrogen (secondary N) is 2. The average Bonchev–Trinajstić information content (AvgIpc) is 2.68. The van der Waals surface area contributed by atoms with E-state index < -0.39 is 6.61 Å². The topological polar surface area (TPSA) is 64.1 Å². The number of halogens is 2. The van der Waals surface area contributed by atoms with Gasteiger partial charge >= 0.3 is 6.61 Å². The first-order valence-electron chi connectivity index (χ1n) is 8.25. The second-order valence-corrected chi connectivity index (χ2v) is 5.44. The number of para-hydroxylation sites is 1. The Morgan fingerprint density at radius 2 is 1.63 bits per heavy atom. The number of methoxy groups -OCH3 is 2. The van der Waals surface area contributed by atoms with E-state index in [1.807, 2.05) is 24.3 Å². The number of alkyl halides is 2. The summed E-state index contributed by atoms with van der Waals surface area (Å²) in [6.45, 7) is -2.18. The molecule has 0 heterocycles. The lowest BCUT2D eigenvalue weighted by Gasteiger charge is -2.16. The van der Waals surface area contributed by atoms with E-state index in [9.17, 15) is 8.78 Å². The van der Waals surface area contributed by atoms with Gasteiger partial charge in [-0.25, -0.2) is 0 Å². The van der Waals surface area contributed by atoms with Gasteiger partial charge in [-0.15, -0.1) is 0 Å². The van der Waals surface area contributed by atoms with E-state index in [-0.39, 0.29) is 12.3 Å². The van der Waals surface area contributed by atoms with Crippen LogP contribution >= 0.6 is 0 Å². The highest BCUT2D eigenvalue weighted by Crippen LogP contribution is 2.26. The van der Waals surface area contributed by atoms with Crippen LogP contribution in [-0.2, 0) is 13.1 Å². The van der Waals surface area contributed by atoms with Gasteiger partial charge in [-0.05, 0) is 18.2 Å². The molecule has 0 aliphatic rings. The third-order valence-corrected chi connectivity index (χ3v) is 3.80. The molecule has 146 valence electrons. The van der Waals surface area contributed by atoms with Crippen molar-refractivity contribution >= 4 is 5.96 Å². The van der Waals surface area contributed by atoms with Crippen LogP contribution in [0.1, 0.15) is 11.1 Å². The standard InChI is InChI=1S/C19H23F2N3O3/c1-22-19(23-11-13-6-4-5-7-16(13)26-3)24-12-14-8-9-15(25-2)10-17(14)27-18(20)21/h4-10,18H,11-12H2,1-3H3,(H2,22,23,24). The number of benzene rings is 2. The molecular formula is C19H23F2N3O3. The lowest BCUT2D eigenvalue weighted by Crippen LogP contribution is -2.36. The summed E-state index contributed by atoms with van der Waals surface area (Å²) in [4.78, 5) is 4.14. The molecule has 6 nitrogen and oxygen atoms in total. The summed E-state index contributed by atoms with van der Waals surface area (Å²) in [5.41, 5.74) is 1.52. The fourth-order valence-corrected chi connectivity index (χ4v) is 2.44. The molecule has 2 aromatic carbocycles. The number of rotatable bonds is 8. The van der Waals surface area contributed by atoms with Gasteiger partial charge in [-0.1, -0.05) is 18.2 Å². The smallest absolute Gasteiger partial charge is 0.387 e. The summed E-state index contributed by atoms with van der Waals surface area (Å²) in [5, 5.41) is 6.24. The molecular weight excluding hydrogens is 356 g/mol. The Hall–Kier alpha value is -3.03. The molecule has 0 saturated carbocycles. The van der Waals surface area contributed by atoms with Crippen molar-refractivity contribution in [3.05, 3.63) is 53.6 Å². The Labute approximate surface area is 157 Å². The zero-order chi connectivity index (χ0) is 19.6. The number of nitrogens with zero attached hydrogens (tertiary/aromatic N) is 1. The molecule has 0 radical (unpaired) electrons. The molecule has 0 aliphatic carbocycles. The minimum absolute atomic E-state index is 0.0528. The van der Waals surface area contributed by atoms with Crippen molar-refractivity contribution < 1.29 is 23.0 Å². The van der Waals surface area contributed by atoms with Crippen LogP contribution in [0.5, 0.6) is 17.2 Å². The van der Waals surface area contributed by atoms with E-state index in [0.29, 0.717) is 23.8 Å². The molecule has 2 N–H and O–H groups in total. The number of hydrogen-bond acceptors (Lipinski definition) is 4. The van der Waals surface area contributed by atoms with Crippen molar-refractivity contribution in [2.24, 2.45) is 4.99 Å². The van der Waals surface area contributed by atoms with E-state index >= 15 is 0 Å². The van der Waals surface area contributed by atoms with Crippen molar-refractivity contribution in [2.45, 2.75) is 19.7 Å². The molecule has 8 heteroatoms. The minimum atomic E-state index is -2.92. The van der Waals surface area contributed by atoms with Crippen LogP contribution in [0.4, 0.5) is 8.78 Å². The number of ether oxygens (including phenoxy) is 3. The van der Waals surface area contributed by atoms with Gasteiger partial charge in [-0.3, -0.25) is 4.99 Å². The highest BCUT2D eigenvalue weighted by atomic mass is 19.3. The SMILES string of the molecule is CN=C(NCc1ccccc1OC)NCc1ccc(OC)cc1OC(F)F. The summed E-state index contributed by atoms with van der Waals surface area (Å²) in [6, 6.07) is 12.4. The van der Waals surface area contributed by atoms with Crippen LogP contribution < -0.4 is 24.8 Å². The Kier molecular flexibility index (Phi) is 7.66. The van der Waals surface area contributed by atoms with Crippen LogP contribution in [0.25, 0.3) is 0 Å². The van der Waals surface area contributed by atoms with Gasteiger partial charge in [-0.2, -0.15) is 8.78 Å². The summed E-state index contributed by atoms with van der Waals surface area (Å²) in [5.74, 6) is 1.77. The summed E-state index contributed by atoms with van der Waals surface area (Å²) < 4.78 is 40.3. The highest BCUT2D eigenvalue weighted by molar-refractivity contribution is 5.79. The van der Waals surface area contributed by atoms with Gasteiger partial charge in [0.2, 0.25) is 0 Å². The molecule has 2 aromatic rings. The first kappa shape index (κ1) is 20.3. The number of hydrogen-bond donors (Lipinski definition) is 2. The van der Waals surface area contributed by atoms with Crippen LogP contribution in [0, 0.1) is 0 Å². The van der Waals surface area contributed by atoms with Crippen LogP contribution in [0.3, 0.4) is 0 Å². The van der Waals surface area contributed by atoms with Gasteiger partial charge in [0.25, 0.3) is 0 Å². The van der Waals surface area contributed by atoms with Gasteiger partial charge in [0.15, 0.2) is 5.96 Å². The third kappa shape index (κ3) is 6.02. The summed E-state index contributed by atoms with van der Waals surface area (Å²) >= 11 is 0. The summed E-state index contributed by atoms with van der Waals surface area (Å²) in [7, 11) is 4.70. The molecule has 0 bridgehead atoms. The minimum Gasteiger partial charge on any atom is -0.497 e. The maximum absolute atomic E-state index is 12.6. The van der Waals surface area contributed by atoms with E-state index in [2.05, 4.69) is 20.4 Å². The lowest BCUT2D eigenvalue weighted by atomic mass is 10.2. The lowest BCUT2D eigenvalue weighted by molar-refractivity contribution is -0.0505. The molecule has 27 heavy (non-hydrogen) atoms. The van der Waals surface area contributed by atoms with Gasteiger partial charge < -0.3 is 24.8 Å². The molecule has 2 rings (SSSR count). The van der Waals surface area contributed by atoms with Gasteiger partial charge in [0, 0.05) is 37.3 Å². The monoisotopic (exact) mass is 379 g/mol. The second-order valence-electron chi connectivity index (χ2n) is 5.44. The molecule has 0 unspecified atom stereocenters. The van der Waals surface area contributed by atoms with E-state index in [4.69, 9.17) is 9.47 Å². The largest absolute Gasteiger partial charge is 0.497 e. The van der Waals surface area contributed by atoms with Gasteiger partial charge in [0.05, 0.1) is 14.2 Å². The zero-order valence-corrected chi connectivity index (χ0v) is 15.5. The third-order valence-electron chi connectivity index (χ3n) is 3.80. The van der Waals surface area contributed by atoms with Crippen molar-refractivity contribution in [1.29, 1.82) is 0 Å². The van der Waals surface area contributed by atoms with E-state index in [1.54, 1.807) is 26.3 Å². The quantitative estimate of drug-likeness (QED) is 0.545. The van der Waals surface area contributed by atoms with Crippen LogP contribution in [-0.4, -0.2) is 33.8 Å². The van der Waals surface area contributed by atoms with Crippen molar-refractivity contribution in [3.63, 3.8) is 0 Å². The Bertz CT molecular complexity index is 770. The predicted octanol–water partition coefficient (Wildman–Crippen LogP) is 3.17. The molecule has 0 spiro atoms. The van der Waals surface area contributed by atoms with Crippen molar-refractivity contribution in [2.75, 3.05) is 21.3 Å². The normalized spacial score (nSPS) is 11.3. The van der Waals surface area contributed by atoms with Gasteiger partial charge in [0.1, 0.15) is 17.2 Å². The predicted molar refractivity (Wildman–Crippen MR) is 99.7 cm³/mol. The highest BCUT2D eigenvalue weighted by Gasteiger charge is 2.12. The first-order chi connectivity index (χ1) is 13.1. The van der Waals surface area contributed by atoms with Crippen molar-refractivity contribution in [1.82, 2.24) is 10.6 Å². The molecule has 0 amide bonds. The zero-order valence-electron chi connectivity index (χ0n) is 15.5.